The number of rotatable bonds is 2. The molecule has 2 heteroatoms. The van der Waals surface area contributed by atoms with E-state index in [9.17, 15) is 0 Å². The third kappa shape index (κ3) is 2.20. The summed E-state index contributed by atoms with van der Waals surface area (Å²) in [5.74, 6) is 0. The third-order valence-corrected chi connectivity index (χ3v) is 3.49. The zero-order valence-electron chi connectivity index (χ0n) is 10.9. The molecule has 3 aromatic rings. The van der Waals surface area contributed by atoms with Crippen molar-refractivity contribution in [2.45, 2.75) is 12.8 Å². The second-order valence-corrected chi connectivity index (χ2v) is 4.88. The summed E-state index contributed by atoms with van der Waals surface area (Å²) in [6.07, 6.45) is 0.879. The zero-order chi connectivity index (χ0) is 13.9. The highest BCUT2D eigenvalue weighted by Gasteiger charge is 2.01. The molecule has 0 N–H and O–H groups in total. The Balaban J connectivity index is 2.18. The minimum atomic E-state index is 0.440. The van der Waals surface area contributed by atoms with Gasteiger partial charge in [-0.05, 0) is 44.8 Å². The number of hydrogen-bond acceptors (Lipinski definition) is 2. The van der Waals surface area contributed by atoms with Crippen LogP contribution in [-0.2, 0) is 12.8 Å². The molecule has 94 valence electrons. The maximum absolute atomic E-state index is 8.77. The molecule has 0 spiro atoms. The number of hydrogen-bond donors (Lipinski definition) is 0. The molecule has 0 unspecified atom stereocenters. The van der Waals surface area contributed by atoms with Gasteiger partial charge in [0.1, 0.15) is 0 Å². The molecular formula is C18H12N2. The average molecular weight is 256 g/mol. The van der Waals surface area contributed by atoms with Crippen molar-refractivity contribution in [3.63, 3.8) is 0 Å². The number of nitrogens with zero attached hydrogens (tertiary/aromatic N) is 2. The highest BCUT2D eigenvalue weighted by Crippen LogP contribution is 2.25. The normalized spacial score (nSPS) is 10.3. The lowest BCUT2D eigenvalue weighted by Gasteiger charge is -2.05. The molecule has 0 amide bonds. The maximum Gasteiger partial charge on any atom is 0.0669 e. The molecule has 0 bridgehead atoms. The minimum absolute atomic E-state index is 0.440. The summed E-state index contributed by atoms with van der Waals surface area (Å²) in [6.45, 7) is 0. The Morgan fingerprint density at radius 3 is 1.45 bits per heavy atom. The van der Waals surface area contributed by atoms with Crippen molar-refractivity contribution < 1.29 is 0 Å². The van der Waals surface area contributed by atoms with Crippen LogP contribution in [0, 0.1) is 22.7 Å². The number of fused-ring (bicyclic) bond motifs is 2. The van der Waals surface area contributed by atoms with Crippen LogP contribution in [0.4, 0.5) is 0 Å². The lowest BCUT2D eigenvalue weighted by molar-refractivity contribution is 1.27. The van der Waals surface area contributed by atoms with Gasteiger partial charge in [0, 0.05) is 0 Å². The van der Waals surface area contributed by atoms with Crippen LogP contribution < -0.4 is 0 Å². The fraction of sp³-hybridized carbons (Fsp3) is 0.111. The third-order valence-electron chi connectivity index (χ3n) is 3.49. The van der Waals surface area contributed by atoms with Crippen molar-refractivity contribution in [2.75, 3.05) is 0 Å². The van der Waals surface area contributed by atoms with Crippen LogP contribution in [0.2, 0.25) is 0 Å². The molecule has 0 heterocycles. The zero-order valence-corrected chi connectivity index (χ0v) is 10.9. The summed E-state index contributed by atoms with van der Waals surface area (Å²) in [5, 5.41) is 22.2. The van der Waals surface area contributed by atoms with Gasteiger partial charge in [0.25, 0.3) is 0 Å². The SMILES string of the molecule is N#CCc1ccc2cc3cc(CC#N)ccc3cc2c1. The second kappa shape index (κ2) is 5.03. The van der Waals surface area contributed by atoms with Crippen molar-refractivity contribution in [1.29, 1.82) is 10.5 Å². The summed E-state index contributed by atoms with van der Waals surface area (Å²) in [7, 11) is 0. The topological polar surface area (TPSA) is 47.6 Å². The molecule has 0 aliphatic carbocycles. The summed E-state index contributed by atoms with van der Waals surface area (Å²) in [6, 6.07) is 20.9. The fourth-order valence-electron chi connectivity index (χ4n) is 2.50. The molecule has 0 radical (unpaired) electrons. The first kappa shape index (κ1) is 12.2. The van der Waals surface area contributed by atoms with Gasteiger partial charge in [0.2, 0.25) is 0 Å². The van der Waals surface area contributed by atoms with E-state index in [1.165, 1.54) is 0 Å². The van der Waals surface area contributed by atoms with E-state index in [4.69, 9.17) is 10.5 Å². The van der Waals surface area contributed by atoms with Crippen LogP contribution in [0.3, 0.4) is 0 Å². The smallest absolute Gasteiger partial charge is 0.0669 e. The number of nitriles is 2. The van der Waals surface area contributed by atoms with E-state index in [1.54, 1.807) is 0 Å². The van der Waals surface area contributed by atoms with Crippen molar-refractivity contribution in [1.82, 2.24) is 0 Å². The van der Waals surface area contributed by atoms with Crippen LogP contribution in [0.25, 0.3) is 21.5 Å². The maximum atomic E-state index is 8.77. The van der Waals surface area contributed by atoms with Crippen LogP contribution in [0.5, 0.6) is 0 Å². The Bertz CT molecular complexity index is 804. The molecule has 0 saturated heterocycles. The average Bonchev–Trinajstić information content (AvgIpc) is 2.46. The molecule has 0 atom stereocenters. The summed E-state index contributed by atoms with van der Waals surface area (Å²) in [4.78, 5) is 0. The second-order valence-electron chi connectivity index (χ2n) is 4.88. The molecule has 20 heavy (non-hydrogen) atoms. The van der Waals surface area contributed by atoms with E-state index in [-0.39, 0.29) is 0 Å². The Morgan fingerprint density at radius 1 is 0.600 bits per heavy atom. The molecule has 3 rings (SSSR count). The minimum Gasteiger partial charge on any atom is -0.198 e. The molecule has 2 nitrogen and oxygen atoms in total. The first-order chi connectivity index (χ1) is 9.80. The molecule has 0 fully saturated rings. The quantitative estimate of drug-likeness (QED) is 0.647. The Labute approximate surface area is 117 Å². The number of benzene rings is 3. The first-order valence-electron chi connectivity index (χ1n) is 6.49. The largest absolute Gasteiger partial charge is 0.198 e. The van der Waals surface area contributed by atoms with Gasteiger partial charge >= 0.3 is 0 Å². The van der Waals surface area contributed by atoms with Crippen LogP contribution in [-0.4, -0.2) is 0 Å². The van der Waals surface area contributed by atoms with Crippen molar-refractivity contribution in [3.05, 3.63) is 59.7 Å². The predicted molar refractivity (Wildman–Crippen MR) is 80.1 cm³/mol. The molecule has 0 aliphatic heterocycles. The van der Waals surface area contributed by atoms with E-state index in [0.717, 1.165) is 32.7 Å². The summed E-state index contributed by atoms with van der Waals surface area (Å²) in [5.41, 5.74) is 2.08. The van der Waals surface area contributed by atoms with Gasteiger partial charge in [-0.2, -0.15) is 10.5 Å². The van der Waals surface area contributed by atoms with Crippen molar-refractivity contribution in [3.8, 4) is 12.1 Å². The van der Waals surface area contributed by atoms with Gasteiger partial charge in [-0.1, -0.05) is 36.4 Å². The van der Waals surface area contributed by atoms with Gasteiger partial charge in [0.05, 0.1) is 25.0 Å². The molecule has 0 aromatic heterocycles. The van der Waals surface area contributed by atoms with Gasteiger partial charge in [-0.15, -0.1) is 0 Å². The van der Waals surface area contributed by atoms with Crippen LogP contribution in [0.1, 0.15) is 11.1 Å². The molecule has 3 aromatic carbocycles. The van der Waals surface area contributed by atoms with Crippen LogP contribution in [0.15, 0.2) is 48.5 Å². The van der Waals surface area contributed by atoms with E-state index in [1.807, 2.05) is 12.1 Å². The van der Waals surface area contributed by atoms with Crippen molar-refractivity contribution >= 4 is 21.5 Å². The molecular weight excluding hydrogens is 244 g/mol. The van der Waals surface area contributed by atoms with E-state index in [0.29, 0.717) is 12.8 Å². The lowest BCUT2D eigenvalue weighted by Crippen LogP contribution is -1.85. The van der Waals surface area contributed by atoms with E-state index < -0.39 is 0 Å². The van der Waals surface area contributed by atoms with Crippen molar-refractivity contribution in [2.24, 2.45) is 0 Å². The first-order valence-corrected chi connectivity index (χ1v) is 6.49. The molecule has 0 saturated carbocycles. The fourth-order valence-corrected chi connectivity index (χ4v) is 2.50. The standard InChI is InChI=1S/C18H12N2/c19-7-5-13-1-3-15-11-18-10-14(6-8-20)2-4-16(18)12-17(15)9-13/h1-4,9-12H,5-6H2. The summed E-state index contributed by atoms with van der Waals surface area (Å²) >= 11 is 0. The Hall–Kier alpha value is -2.84. The van der Waals surface area contributed by atoms with Crippen LogP contribution >= 0.6 is 0 Å². The monoisotopic (exact) mass is 256 g/mol. The van der Waals surface area contributed by atoms with Gasteiger partial charge in [-0.25, -0.2) is 0 Å². The predicted octanol–water partition coefficient (Wildman–Crippen LogP) is 4.13. The van der Waals surface area contributed by atoms with Gasteiger partial charge in [0.15, 0.2) is 0 Å². The highest BCUT2D eigenvalue weighted by atomic mass is 14.2. The van der Waals surface area contributed by atoms with E-state index >= 15 is 0 Å². The van der Waals surface area contributed by atoms with Gasteiger partial charge < -0.3 is 0 Å². The Kier molecular flexibility index (Phi) is 3.07. The Morgan fingerprint density at radius 2 is 1.05 bits per heavy atom. The summed E-state index contributed by atoms with van der Waals surface area (Å²) < 4.78 is 0. The van der Waals surface area contributed by atoms with E-state index in [2.05, 4.69) is 48.5 Å². The lowest BCUT2D eigenvalue weighted by atomic mass is 9.99. The molecule has 0 aliphatic rings. The van der Waals surface area contributed by atoms with Gasteiger partial charge in [-0.3, -0.25) is 0 Å². The highest BCUT2D eigenvalue weighted by molar-refractivity contribution is 5.98.